The first kappa shape index (κ1) is 20.2. The van der Waals surface area contributed by atoms with Gasteiger partial charge in [0.15, 0.2) is 0 Å². The van der Waals surface area contributed by atoms with Crippen molar-refractivity contribution < 1.29 is 4.74 Å². The molecule has 2 aliphatic rings. The number of anilines is 2. The van der Waals surface area contributed by atoms with Crippen LogP contribution in [0.3, 0.4) is 0 Å². The van der Waals surface area contributed by atoms with Crippen molar-refractivity contribution in [1.29, 1.82) is 0 Å². The van der Waals surface area contributed by atoms with Gasteiger partial charge >= 0.3 is 0 Å². The fourth-order valence-corrected chi connectivity index (χ4v) is 3.86. The van der Waals surface area contributed by atoms with Crippen molar-refractivity contribution in [2.75, 3.05) is 56.2 Å². The molecule has 0 amide bonds. The summed E-state index contributed by atoms with van der Waals surface area (Å²) in [6.45, 7) is 9.33. The molecule has 30 heavy (non-hydrogen) atoms. The third-order valence-electron chi connectivity index (χ3n) is 5.48. The van der Waals surface area contributed by atoms with E-state index in [1.165, 1.54) is 0 Å². The summed E-state index contributed by atoms with van der Waals surface area (Å²) in [6, 6.07) is 11.5. The lowest BCUT2D eigenvalue weighted by Gasteiger charge is -2.29. The summed E-state index contributed by atoms with van der Waals surface area (Å²) in [5.41, 5.74) is 4.27. The summed E-state index contributed by atoms with van der Waals surface area (Å²) in [4.78, 5) is 22.0. The van der Waals surface area contributed by atoms with Crippen LogP contribution in [-0.2, 0) is 0 Å². The highest BCUT2D eigenvalue weighted by molar-refractivity contribution is 5.72. The van der Waals surface area contributed by atoms with Crippen molar-refractivity contribution in [3.63, 3.8) is 0 Å². The topological polar surface area (TPSA) is 62.1 Å². The van der Waals surface area contributed by atoms with Gasteiger partial charge in [-0.3, -0.25) is 9.20 Å². The smallest absolute Gasteiger partial charge is 0.258 e. The number of aromatic nitrogens is 2. The first-order chi connectivity index (χ1) is 14.7. The van der Waals surface area contributed by atoms with Crippen LogP contribution in [-0.4, -0.2) is 55.8 Å². The van der Waals surface area contributed by atoms with Gasteiger partial charge in [0.1, 0.15) is 18.0 Å². The Morgan fingerprint density at radius 3 is 2.63 bits per heavy atom. The molecule has 1 saturated heterocycles. The SMILES string of the molecule is CC.CN1CCOc2ccc(-c3cc(=O)n4cc(N5CCNCC5)ccc4n3)cc21. The molecule has 1 fully saturated rings. The molecule has 158 valence electrons. The van der Waals surface area contributed by atoms with Crippen LogP contribution in [0.15, 0.2) is 47.4 Å². The molecule has 0 saturated carbocycles. The molecule has 5 rings (SSSR count). The summed E-state index contributed by atoms with van der Waals surface area (Å²) >= 11 is 0. The van der Waals surface area contributed by atoms with E-state index in [-0.39, 0.29) is 5.56 Å². The molecule has 1 N–H and O–H groups in total. The van der Waals surface area contributed by atoms with Gasteiger partial charge < -0.3 is 19.9 Å². The van der Waals surface area contributed by atoms with Gasteiger partial charge in [0.05, 0.1) is 23.6 Å². The molecular formula is C23H29N5O2. The van der Waals surface area contributed by atoms with E-state index in [0.29, 0.717) is 17.9 Å². The molecule has 0 bridgehead atoms. The Bertz CT molecular complexity index is 1090. The minimum absolute atomic E-state index is 0.0701. The predicted octanol–water partition coefficient (Wildman–Crippen LogP) is 2.63. The van der Waals surface area contributed by atoms with Gasteiger partial charge in [-0.25, -0.2) is 4.98 Å². The summed E-state index contributed by atoms with van der Waals surface area (Å²) < 4.78 is 7.35. The molecule has 7 nitrogen and oxygen atoms in total. The predicted molar refractivity (Wildman–Crippen MR) is 122 cm³/mol. The highest BCUT2D eigenvalue weighted by atomic mass is 16.5. The fraction of sp³-hybridized carbons (Fsp3) is 0.391. The first-order valence-electron chi connectivity index (χ1n) is 10.7. The van der Waals surface area contributed by atoms with Crippen LogP contribution in [0, 0.1) is 0 Å². The van der Waals surface area contributed by atoms with Crippen LogP contribution in [0.1, 0.15) is 13.8 Å². The van der Waals surface area contributed by atoms with Crippen LogP contribution in [0.5, 0.6) is 5.75 Å². The van der Waals surface area contributed by atoms with Gasteiger partial charge in [-0.15, -0.1) is 0 Å². The van der Waals surface area contributed by atoms with Crippen molar-refractivity contribution in [1.82, 2.24) is 14.7 Å². The Labute approximate surface area is 176 Å². The van der Waals surface area contributed by atoms with E-state index >= 15 is 0 Å². The molecule has 2 aliphatic heterocycles. The first-order valence-corrected chi connectivity index (χ1v) is 10.7. The molecule has 0 aliphatic carbocycles. The third kappa shape index (κ3) is 3.85. The largest absolute Gasteiger partial charge is 0.490 e. The van der Waals surface area contributed by atoms with E-state index in [9.17, 15) is 4.79 Å². The number of nitrogens with zero attached hydrogens (tertiary/aromatic N) is 4. The van der Waals surface area contributed by atoms with Gasteiger partial charge in [-0.1, -0.05) is 13.8 Å². The van der Waals surface area contributed by atoms with Crippen molar-refractivity contribution in [2.24, 2.45) is 0 Å². The van der Waals surface area contributed by atoms with Crippen molar-refractivity contribution in [2.45, 2.75) is 13.8 Å². The van der Waals surface area contributed by atoms with Crippen molar-refractivity contribution in [3.05, 3.63) is 52.9 Å². The van der Waals surface area contributed by atoms with Crippen LogP contribution < -0.4 is 25.4 Å². The van der Waals surface area contributed by atoms with Crippen LogP contribution in [0.2, 0.25) is 0 Å². The lowest BCUT2D eigenvalue weighted by Crippen LogP contribution is -2.43. The van der Waals surface area contributed by atoms with Crippen LogP contribution in [0.25, 0.3) is 16.9 Å². The lowest BCUT2D eigenvalue weighted by atomic mass is 10.1. The van der Waals surface area contributed by atoms with Crippen molar-refractivity contribution in [3.8, 4) is 17.0 Å². The Hall–Kier alpha value is -3.06. The maximum Gasteiger partial charge on any atom is 0.258 e. The van der Waals surface area contributed by atoms with Crippen LogP contribution >= 0.6 is 0 Å². The molecule has 0 unspecified atom stereocenters. The average molecular weight is 408 g/mol. The number of nitrogens with one attached hydrogen (secondary N) is 1. The van der Waals surface area contributed by atoms with Gasteiger partial charge in [0.2, 0.25) is 0 Å². The van der Waals surface area contributed by atoms with E-state index in [1.807, 2.05) is 57.4 Å². The zero-order valence-electron chi connectivity index (χ0n) is 17.9. The summed E-state index contributed by atoms with van der Waals surface area (Å²) in [5, 5.41) is 3.35. The van der Waals surface area contributed by atoms with Gasteiger partial charge in [0.25, 0.3) is 5.56 Å². The molecule has 2 aromatic heterocycles. The molecule has 0 radical (unpaired) electrons. The minimum atomic E-state index is -0.0701. The summed E-state index contributed by atoms with van der Waals surface area (Å²) in [7, 11) is 2.05. The average Bonchev–Trinajstić information content (AvgIpc) is 2.81. The zero-order valence-corrected chi connectivity index (χ0v) is 17.9. The van der Waals surface area contributed by atoms with E-state index < -0.39 is 0 Å². The number of benzene rings is 1. The maximum atomic E-state index is 12.8. The quantitative estimate of drug-likeness (QED) is 0.705. The Morgan fingerprint density at radius 2 is 1.83 bits per heavy atom. The molecular weight excluding hydrogens is 378 g/mol. The Morgan fingerprint density at radius 1 is 1.03 bits per heavy atom. The molecule has 0 spiro atoms. The number of hydrogen-bond acceptors (Lipinski definition) is 6. The Balaban J connectivity index is 0.00000106. The molecule has 4 heterocycles. The maximum absolute atomic E-state index is 12.8. The van der Waals surface area contributed by atoms with E-state index in [0.717, 1.165) is 55.4 Å². The highest BCUT2D eigenvalue weighted by Crippen LogP contribution is 2.34. The molecule has 7 heteroatoms. The van der Waals surface area contributed by atoms with Crippen molar-refractivity contribution >= 4 is 17.0 Å². The number of hydrogen-bond donors (Lipinski definition) is 1. The number of fused-ring (bicyclic) bond motifs is 2. The monoisotopic (exact) mass is 407 g/mol. The number of rotatable bonds is 2. The lowest BCUT2D eigenvalue weighted by molar-refractivity contribution is 0.311. The highest BCUT2D eigenvalue weighted by Gasteiger charge is 2.17. The van der Waals surface area contributed by atoms with E-state index in [4.69, 9.17) is 9.72 Å². The number of likely N-dealkylation sites (N-methyl/N-ethyl adjacent to an activating group) is 1. The van der Waals surface area contributed by atoms with Crippen LogP contribution in [0.4, 0.5) is 11.4 Å². The van der Waals surface area contributed by atoms with Gasteiger partial charge in [-0.2, -0.15) is 0 Å². The van der Waals surface area contributed by atoms with E-state index in [2.05, 4.69) is 15.1 Å². The number of ether oxygens (including phenoxy) is 1. The second-order valence-corrected chi connectivity index (χ2v) is 7.28. The standard InChI is InChI=1S/C21H23N5O2.C2H6/c1-24-10-11-28-19-4-2-15(12-18(19)24)17-13-21(27)26-14-16(3-5-20(26)23-17)25-8-6-22-7-9-25;1-2/h2-5,12-14,22H,6-11H2,1H3;1-2H3. The molecule has 1 aromatic carbocycles. The minimum Gasteiger partial charge on any atom is -0.490 e. The normalized spacial score (nSPS) is 15.8. The number of pyridine rings is 1. The third-order valence-corrected chi connectivity index (χ3v) is 5.48. The van der Waals surface area contributed by atoms with E-state index in [1.54, 1.807) is 10.5 Å². The second kappa shape index (κ2) is 8.75. The molecule has 0 atom stereocenters. The number of piperazine rings is 1. The van der Waals surface area contributed by atoms with Gasteiger partial charge in [0, 0.05) is 51.1 Å². The molecule has 3 aromatic rings. The zero-order chi connectivity index (χ0) is 21.1. The Kier molecular flexibility index (Phi) is 5.90. The summed E-state index contributed by atoms with van der Waals surface area (Å²) in [5.74, 6) is 0.871. The second-order valence-electron chi connectivity index (χ2n) is 7.28. The fourth-order valence-electron chi connectivity index (χ4n) is 3.86. The summed E-state index contributed by atoms with van der Waals surface area (Å²) in [6.07, 6.45) is 1.90. The van der Waals surface area contributed by atoms with Gasteiger partial charge in [-0.05, 0) is 30.3 Å².